The van der Waals surface area contributed by atoms with E-state index in [2.05, 4.69) is 17.2 Å². The van der Waals surface area contributed by atoms with E-state index in [4.69, 9.17) is 0 Å². The lowest BCUT2D eigenvalue weighted by molar-refractivity contribution is -0.133. The van der Waals surface area contributed by atoms with Crippen molar-refractivity contribution in [1.82, 2.24) is 0 Å². The molecule has 0 aliphatic heterocycles. The maximum absolute atomic E-state index is 13.6. The molecule has 6 nitrogen and oxygen atoms in total. The number of rotatable bonds is 4. The fraction of sp³-hybridized carbons (Fsp3) is 0. The fourth-order valence-electron chi connectivity index (χ4n) is 1.86. The van der Waals surface area contributed by atoms with E-state index in [-0.39, 0.29) is 11.4 Å². The zero-order chi connectivity index (χ0) is 19.3. The van der Waals surface area contributed by atoms with E-state index in [0.29, 0.717) is 0 Å². The number of benzene rings is 2. The Bertz CT molecular complexity index is 880. The molecule has 134 valence electrons. The van der Waals surface area contributed by atoms with Crippen LogP contribution in [0.15, 0.2) is 49.1 Å². The molecule has 0 aliphatic carbocycles. The number of hydrogen-bond donors (Lipinski definition) is 3. The van der Waals surface area contributed by atoms with Gasteiger partial charge in [0.05, 0.1) is 5.69 Å². The number of para-hydroxylation sites is 1. The minimum Gasteiger partial charge on any atom is -0.320 e. The number of anilines is 3. The highest BCUT2D eigenvalue weighted by molar-refractivity contribution is 6.43. The zero-order valence-corrected chi connectivity index (χ0v) is 13.1. The van der Waals surface area contributed by atoms with Gasteiger partial charge in [-0.25, -0.2) is 13.2 Å². The number of carbonyl (C=O) groups excluding carboxylic acids is 3. The van der Waals surface area contributed by atoms with E-state index in [0.717, 1.165) is 42.5 Å². The molecule has 3 N–H and O–H groups in total. The average molecular weight is 363 g/mol. The van der Waals surface area contributed by atoms with E-state index in [1.165, 1.54) is 0 Å². The smallest absolute Gasteiger partial charge is 0.314 e. The Balaban J connectivity index is 2.11. The van der Waals surface area contributed by atoms with Gasteiger partial charge in [0, 0.05) is 5.69 Å². The SMILES string of the molecule is C=CC(=O)Nc1cc(NC(=O)C(=O)Nc2c(F)cccc2F)ccc1F. The van der Waals surface area contributed by atoms with Crippen LogP contribution in [0.5, 0.6) is 0 Å². The van der Waals surface area contributed by atoms with Crippen molar-refractivity contribution >= 4 is 34.8 Å². The molecule has 2 aromatic rings. The summed E-state index contributed by atoms with van der Waals surface area (Å²) in [4.78, 5) is 34.9. The van der Waals surface area contributed by atoms with Gasteiger partial charge < -0.3 is 16.0 Å². The summed E-state index contributed by atoms with van der Waals surface area (Å²) in [5.41, 5.74) is -1.06. The second kappa shape index (κ2) is 7.97. The minimum atomic E-state index is -1.34. The van der Waals surface area contributed by atoms with Crippen molar-refractivity contribution in [2.75, 3.05) is 16.0 Å². The number of amides is 3. The highest BCUT2D eigenvalue weighted by atomic mass is 19.1. The molecule has 0 fully saturated rings. The van der Waals surface area contributed by atoms with Gasteiger partial charge in [-0.1, -0.05) is 12.6 Å². The van der Waals surface area contributed by atoms with Gasteiger partial charge in [0.25, 0.3) is 0 Å². The molecule has 3 amide bonds. The van der Waals surface area contributed by atoms with Crippen LogP contribution in [0.4, 0.5) is 30.2 Å². The Labute approximate surface area is 145 Å². The maximum atomic E-state index is 13.6. The lowest BCUT2D eigenvalue weighted by Crippen LogP contribution is -2.29. The third kappa shape index (κ3) is 4.47. The molecule has 0 bridgehead atoms. The van der Waals surface area contributed by atoms with Crippen molar-refractivity contribution in [3.8, 4) is 0 Å². The normalized spacial score (nSPS) is 9.96. The molecular formula is C17H12F3N3O3. The summed E-state index contributed by atoms with van der Waals surface area (Å²) in [5, 5.41) is 6.10. The molecule has 0 heterocycles. The zero-order valence-electron chi connectivity index (χ0n) is 13.1. The summed E-state index contributed by atoms with van der Waals surface area (Å²) >= 11 is 0. The van der Waals surface area contributed by atoms with Gasteiger partial charge in [0.15, 0.2) is 0 Å². The molecule has 0 aliphatic rings. The second-order valence-electron chi connectivity index (χ2n) is 4.89. The number of carbonyl (C=O) groups is 3. The van der Waals surface area contributed by atoms with Crippen molar-refractivity contribution in [1.29, 1.82) is 0 Å². The van der Waals surface area contributed by atoms with Gasteiger partial charge >= 0.3 is 11.8 Å². The average Bonchev–Trinajstić information content (AvgIpc) is 2.60. The summed E-state index contributed by atoms with van der Waals surface area (Å²) < 4.78 is 40.6. The molecule has 0 unspecified atom stereocenters. The van der Waals surface area contributed by atoms with Crippen LogP contribution in [-0.2, 0) is 14.4 Å². The van der Waals surface area contributed by atoms with Crippen molar-refractivity contribution in [2.45, 2.75) is 0 Å². The van der Waals surface area contributed by atoms with E-state index >= 15 is 0 Å². The molecular weight excluding hydrogens is 351 g/mol. The maximum Gasteiger partial charge on any atom is 0.314 e. The first-order valence-electron chi connectivity index (χ1n) is 7.11. The van der Waals surface area contributed by atoms with E-state index in [9.17, 15) is 27.6 Å². The predicted octanol–water partition coefficient (Wildman–Crippen LogP) is 2.81. The van der Waals surface area contributed by atoms with Crippen molar-refractivity contribution in [2.24, 2.45) is 0 Å². The number of halogens is 3. The van der Waals surface area contributed by atoms with Crippen LogP contribution in [0.3, 0.4) is 0 Å². The minimum absolute atomic E-state index is 0.0279. The highest BCUT2D eigenvalue weighted by Gasteiger charge is 2.19. The number of nitrogens with one attached hydrogen (secondary N) is 3. The summed E-state index contributed by atoms with van der Waals surface area (Å²) in [5.74, 6) is -6.16. The molecule has 0 saturated heterocycles. The van der Waals surface area contributed by atoms with Crippen LogP contribution < -0.4 is 16.0 Å². The molecule has 0 saturated carbocycles. The Kier molecular flexibility index (Phi) is 5.74. The van der Waals surface area contributed by atoms with E-state index < -0.39 is 40.9 Å². The Morgan fingerprint density at radius 1 is 0.846 bits per heavy atom. The molecule has 26 heavy (non-hydrogen) atoms. The van der Waals surface area contributed by atoms with Gasteiger partial charge in [-0.2, -0.15) is 0 Å². The molecule has 0 spiro atoms. The Morgan fingerprint density at radius 3 is 2.08 bits per heavy atom. The quantitative estimate of drug-likeness (QED) is 0.577. The largest absolute Gasteiger partial charge is 0.320 e. The van der Waals surface area contributed by atoms with Crippen LogP contribution in [0.2, 0.25) is 0 Å². The first-order valence-corrected chi connectivity index (χ1v) is 7.11. The van der Waals surface area contributed by atoms with E-state index in [1.54, 1.807) is 0 Å². The monoisotopic (exact) mass is 363 g/mol. The summed E-state index contributed by atoms with van der Waals surface area (Å²) in [6.07, 6.45) is 0.918. The van der Waals surface area contributed by atoms with Crippen LogP contribution in [-0.4, -0.2) is 17.7 Å². The van der Waals surface area contributed by atoms with Gasteiger partial charge in [-0.15, -0.1) is 0 Å². The van der Waals surface area contributed by atoms with E-state index in [1.807, 2.05) is 5.32 Å². The second-order valence-corrected chi connectivity index (χ2v) is 4.89. The third-order valence-corrected chi connectivity index (χ3v) is 3.08. The topological polar surface area (TPSA) is 87.3 Å². The first kappa shape index (κ1) is 18.7. The van der Waals surface area contributed by atoms with Crippen LogP contribution in [0.25, 0.3) is 0 Å². The molecule has 0 aromatic heterocycles. The molecule has 0 radical (unpaired) electrons. The summed E-state index contributed by atoms with van der Waals surface area (Å²) in [6, 6.07) is 6.05. The van der Waals surface area contributed by atoms with Gasteiger partial charge in [-0.3, -0.25) is 14.4 Å². The Morgan fingerprint density at radius 2 is 1.46 bits per heavy atom. The van der Waals surface area contributed by atoms with Crippen molar-refractivity contribution in [3.05, 3.63) is 66.5 Å². The number of hydrogen-bond acceptors (Lipinski definition) is 3. The summed E-state index contributed by atoms with van der Waals surface area (Å²) in [6.45, 7) is 3.22. The molecule has 2 rings (SSSR count). The third-order valence-electron chi connectivity index (χ3n) is 3.08. The lowest BCUT2D eigenvalue weighted by atomic mass is 10.2. The molecule has 9 heteroatoms. The fourth-order valence-corrected chi connectivity index (χ4v) is 1.86. The Hall–Kier alpha value is -3.62. The van der Waals surface area contributed by atoms with Crippen LogP contribution >= 0.6 is 0 Å². The van der Waals surface area contributed by atoms with Crippen molar-refractivity contribution in [3.63, 3.8) is 0 Å². The first-order chi connectivity index (χ1) is 12.3. The molecule has 2 aromatic carbocycles. The predicted molar refractivity (Wildman–Crippen MR) is 88.8 cm³/mol. The molecule has 0 atom stereocenters. The summed E-state index contributed by atoms with van der Waals surface area (Å²) in [7, 11) is 0. The van der Waals surface area contributed by atoms with Gasteiger partial charge in [0.2, 0.25) is 5.91 Å². The van der Waals surface area contributed by atoms with Gasteiger partial charge in [-0.05, 0) is 36.4 Å². The highest BCUT2D eigenvalue weighted by Crippen LogP contribution is 2.20. The standard InChI is InChI=1S/C17H12F3N3O3/c1-2-14(24)22-13-8-9(6-7-10(13)18)21-16(25)17(26)23-15-11(19)4-3-5-12(15)20/h2-8H,1H2,(H,21,25)(H,22,24)(H,23,26). The van der Waals surface area contributed by atoms with Crippen LogP contribution in [0, 0.1) is 17.5 Å². The lowest BCUT2D eigenvalue weighted by Gasteiger charge is -2.10. The van der Waals surface area contributed by atoms with Crippen LogP contribution in [0.1, 0.15) is 0 Å². The van der Waals surface area contributed by atoms with Crippen molar-refractivity contribution < 1.29 is 27.6 Å². The van der Waals surface area contributed by atoms with Gasteiger partial charge in [0.1, 0.15) is 23.1 Å².